The summed E-state index contributed by atoms with van der Waals surface area (Å²) in [5.41, 5.74) is 2.58. The molecule has 0 spiro atoms. The highest BCUT2D eigenvalue weighted by Crippen LogP contribution is 2.35. The lowest BCUT2D eigenvalue weighted by Crippen LogP contribution is -2.51. The van der Waals surface area contributed by atoms with E-state index in [2.05, 4.69) is 72.5 Å². The van der Waals surface area contributed by atoms with Gasteiger partial charge >= 0.3 is 0 Å². The van der Waals surface area contributed by atoms with Crippen LogP contribution in [0.2, 0.25) is 0 Å². The third-order valence-electron chi connectivity index (χ3n) is 4.83. The van der Waals surface area contributed by atoms with Crippen molar-refractivity contribution >= 4 is 0 Å². The van der Waals surface area contributed by atoms with E-state index in [4.69, 9.17) is 0 Å². The number of likely N-dealkylation sites (N-methyl/N-ethyl adjacent to an activating group) is 1. The zero-order valence-corrected chi connectivity index (χ0v) is 13.2. The SMILES string of the molecule is CCN1CCC[C@H](O)[C@H]1C(c1ccccc1)c1ccccc1. The van der Waals surface area contributed by atoms with E-state index in [9.17, 15) is 5.11 Å². The van der Waals surface area contributed by atoms with E-state index in [-0.39, 0.29) is 18.1 Å². The zero-order chi connectivity index (χ0) is 15.4. The van der Waals surface area contributed by atoms with Crippen molar-refractivity contribution in [3.05, 3.63) is 71.8 Å². The van der Waals surface area contributed by atoms with E-state index >= 15 is 0 Å². The van der Waals surface area contributed by atoms with Crippen molar-refractivity contribution in [1.82, 2.24) is 4.90 Å². The normalized spacial score (nSPS) is 22.9. The maximum Gasteiger partial charge on any atom is 0.0705 e. The first-order chi connectivity index (χ1) is 10.8. The minimum Gasteiger partial charge on any atom is -0.391 e. The van der Waals surface area contributed by atoms with E-state index in [1.165, 1.54) is 11.1 Å². The monoisotopic (exact) mass is 295 g/mol. The fourth-order valence-electron chi connectivity index (χ4n) is 3.78. The molecule has 0 aliphatic carbocycles. The first-order valence-corrected chi connectivity index (χ1v) is 8.33. The average Bonchev–Trinajstić information content (AvgIpc) is 2.58. The Kier molecular flexibility index (Phi) is 4.91. The second kappa shape index (κ2) is 7.08. The number of hydrogen-bond acceptors (Lipinski definition) is 2. The molecule has 0 amide bonds. The first kappa shape index (κ1) is 15.3. The van der Waals surface area contributed by atoms with Crippen LogP contribution in [0.1, 0.15) is 36.8 Å². The predicted molar refractivity (Wildman–Crippen MR) is 91.0 cm³/mol. The number of piperidine rings is 1. The predicted octanol–water partition coefficient (Wildman–Crippen LogP) is 3.66. The first-order valence-electron chi connectivity index (χ1n) is 8.33. The molecule has 0 saturated carbocycles. The average molecular weight is 295 g/mol. The molecule has 2 nitrogen and oxygen atoms in total. The number of hydrogen-bond donors (Lipinski definition) is 1. The van der Waals surface area contributed by atoms with Crippen molar-refractivity contribution in [2.45, 2.75) is 37.8 Å². The van der Waals surface area contributed by atoms with Gasteiger partial charge in [-0.1, -0.05) is 67.6 Å². The third-order valence-corrected chi connectivity index (χ3v) is 4.83. The Hall–Kier alpha value is -1.64. The molecule has 0 aromatic heterocycles. The molecule has 1 aliphatic heterocycles. The van der Waals surface area contributed by atoms with Gasteiger partial charge in [-0.2, -0.15) is 0 Å². The number of nitrogens with zero attached hydrogens (tertiary/aromatic N) is 1. The third kappa shape index (κ3) is 3.08. The summed E-state index contributed by atoms with van der Waals surface area (Å²) in [7, 11) is 0. The van der Waals surface area contributed by atoms with Crippen molar-refractivity contribution in [3.63, 3.8) is 0 Å². The molecule has 1 fully saturated rings. The van der Waals surface area contributed by atoms with Crippen LogP contribution in [0.3, 0.4) is 0 Å². The molecule has 2 atom stereocenters. The molecule has 2 aromatic carbocycles. The number of likely N-dealkylation sites (tertiary alicyclic amines) is 1. The van der Waals surface area contributed by atoms with Gasteiger partial charge in [-0.05, 0) is 37.1 Å². The van der Waals surface area contributed by atoms with Crippen LogP contribution in [-0.2, 0) is 0 Å². The Morgan fingerprint density at radius 1 is 1.00 bits per heavy atom. The van der Waals surface area contributed by atoms with Gasteiger partial charge in [-0.3, -0.25) is 4.90 Å². The number of rotatable bonds is 4. The molecule has 22 heavy (non-hydrogen) atoms. The zero-order valence-electron chi connectivity index (χ0n) is 13.2. The van der Waals surface area contributed by atoms with E-state index < -0.39 is 0 Å². The van der Waals surface area contributed by atoms with Crippen LogP contribution in [0.4, 0.5) is 0 Å². The fourth-order valence-corrected chi connectivity index (χ4v) is 3.78. The summed E-state index contributed by atoms with van der Waals surface area (Å²) in [6.07, 6.45) is 1.72. The summed E-state index contributed by atoms with van der Waals surface area (Å²) >= 11 is 0. The smallest absolute Gasteiger partial charge is 0.0705 e. The number of aliphatic hydroxyl groups excluding tert-OH is 1. The van der Waals surface area contributed by atoms with Crippen LogP contribution in [0, 0.1) is 0 Å². The maximum absolute atomic E-state index is 10.7. The lowest BCUT2D eigenvalue weighted by atomic mass is 9.79. The molecule has 2 heteroatoms. The molecule has 2 aromatic rings. The minimum absolute atomic E-state index is 0.156. The quantitative estimate of drug-likeness (QED) is 0.930. The van der Waals surface area contributed by atoms with E-state index in [0.717, 1.165) is 25.9 Å². The molecule has 3 rings (SSSR count). The van der Waals surface area contributed by atoms with Gasteiger partial charge in [-0.15, -0.1) is 0 Å². The highest BCUT2D eigenvalue weighted by atomic mass is 16.3. The van der Waals surface area contributed by atoms with Gasteiger partial charge < -0.3 is 5.11 Å². The molecule has 0 unspecified atom stereocenters. The number of benzene rings is 2. The molecular formula is C20H25NO. The summed E-state index contributed by atoms with van der Waals surface area (Å²) in [6, 6.07) is 21.4. The number of aliphatic hydroxyl groups is 1. The van der Waals surface area contributed by atoms with E-state index in [1.54, 1.807) is 0 Å². The Morgan fingerprint density at radius 2 is 1.55 bits per heavy atom. The van der Waals surface area contributed by atoms with Crippen LogP contribution in [0.5, 0.6) is 0 Å². The maximum atomic E-state index is 10.7. The van der Waals surface area contributed by atoms with Crippen molar-refractivity contribution in [1.29, 1.82) is 0 Å². The largest absolute Gasteiger partial charge is 0.391 e. The Balaban J connectivity index is 2.04. The van der Waals surface area contributed by atoms with Crippen molar-refractivity contribution in [2.75, 3.05) is 13.1 Å². The van der Waals surface area contributed by atoms with Crippen molar-refractivity contribution < 1.29 is 5.11 Å². The Bertz CT molecular complexity index is 529. The molecular weight excluding hydrogens is 270 g/mol. The van der Waals surface area contributed by atoms with Gasteiger partial charge in [0.25, 0.3) is 0 Å². The van der Waals surface area contributed by atoms with Gasteiger partial charge in [0.2, 0.25) is 0 Å². The molecule has 1 N–H and O–H groups in total. The summed E-state index contributed by atoms with van der Waals surface area (Å²) in [5, 5.41) is 10.7. The van der Waals surface area contributed by atoms with Crippen molar-refractivity contribution in [2.24, 2.45) is 0 Å². The summed E-state index contributed by atoms with van der Waals surface area (Å²) < 4.78 is 0. The topological polar surface area (TPSA) is 23.5 Å². The highest BCUT2D eigenvalue weighted by Gasteiger charge is 2.36. The van der Waals surface area contributed by atoms with Gasteiger partial charge in [0.1, 0.15) is 0 Å². The molecule has 1 aliphatic rings. The van der Waals surface area contributed by atoms with Crippen LogP contribution >= 0.6 is 0 Å². The van der Waals surface area contributed by atoms with Crippen LogP contribution in [-0.4, -0.2) is 35.2 Å². The lowest BCUT2D eigenvalue weighted by Gasteiger charge is -2.43. The van der Waals surface area contributed by atoms with E-state index in [1.807, 2.05) is 0 Å². The lowest BCUT2D eigenvalue weighted by molar-refractivity contribution is 0.00585. The summed E-state index contributed by atoms with van der Waals surface area (Å²) in [6.45, 7) is 4.25. The van der Waals surface area contributed by atoms with E-state index in [0.29, 0.717) is 0 Å². The highest BCUT2D eigenvalue weighted by molar-refractivity contribution is 5.35. The Labute approximate surface area is 133 Å². The molecule has 1 saturated heterocycles. The van der Waals surface area contributed by atoms with Crippen molar-refractivity contribution in [3.8, 4) is 0 Å². The second-order valence-corrected chi connectivity index (χ2v) is 6.13. The fraction of sp³-hybridized carbons (Fsp3) is 0.400. The summed E-state index contributed by atoms with van der Waals surface area (Å²) in [4.78, 5) is 2.44. The van der Waals surface area contributed by atoms with Crippen LogP contribution in [0.25, 0.3) is 0 Å². The second-order valence-electron chi connectivity index (χ2n) is 6.13. The molecule has 116 valence electrons. The van der Waals surface area contributed by atoms with Crippen LogP contribution < -0.4 is 0 Å². The van der Waals surface area contributed by atoms with Gasteiger partial charge in [0.05, 0.1) is 6.10 Å². The summed E-state index contributed by atoms with van der Waals surface area (Å²) in [5.74, 6) is 0.220. The van der Waals surface area contributed by atoms with Gasteiger partial charge in [0, 0.05) is 12.0 Å². The standard InChI is InChI=1S/C20H25NO/c1-2-21-15-9-14-18(22)20(21)19(16-10-5-3-6-11-16)17-12-7-4-8-13-17/h3-8,10-13,18-20,22H,2,9,14-15H2,1H3/t18-,20-/m0/s1. The molecule has 1 heterocycles. The minimum atomic E-state index is -0.265. The molecule has 0 bridgehead atoms. The van der Waals surface area contributed by atoms with Crippen LogP contribution in [0.15, 0.2) is 60.7 Å². The molecule has 0 radical (unpaired) electrons. The Morgan fingerprint density at radius 3 is 2.05 bits per heavy atom. The van der Waals surface area contributed by atoms with Gasteiger partial charge in [-0.25, -0.2) is 0 Å². The van der Waals surface area contributed by atoms with Gasteiger partial charge in [0.15, 0.2) is 0 Å².